The fraction of sp³-hybridized carbons (Fsp3) is 0.292. The van der Waals surface area contributed by atoms with Gasteiger partial charge in [-0.1, -0.05) is 86.3 Å². The van der Waals surface area contributed by atoms with Crippen LogP contribution in [0.15, 0.2) is 94.9 Å². The van der Waals surface area contributed by atoms with E-state index < -0.39 is 12.2 Å². The first-order valence-corrected chi connectivity index (χ1v) is 22.7. The van der Waals surface area contributed by atoms with Gasteiger partial charge in [-0.05, 0) is 61.1 Å². The molecule has 0 bridgehead atoms. The zero-order valence-electron chi connectivity index (χ0n) is 33.3. The number of Topliss-reactive ketones (excluding diaryl/α,β-unsaturated/α-hetero) is 4. The average molecular weight is 863 g/mol. The molecule has 4 aliphatic rings. The van der Waals surface area contributed by atoms with Crippen molar-refractivity contribution in [3.05, 3.63) is 96.1 Å². The molecule has 62 heavy (non-hydrogen) atoms. The molecular formula is C48H38N4O8S2. The summed E-state index contributed by atoms with van der Waals surface area (Å²) in [6, 6.07) is 25.7. The van der Waals surface area contributed by atoms with E-state index in [0.29, 0.717) is 77.9 Å². The Morgan fingerprint density at radius 1 is 0.516 bits per heavy atom. The number of benzene rings is 3. The summed E-state index contributed by atoms with van der Waals surface area (Å²) in [5.41, 5.74) is 3.46. The lowest BCUT2D eigenvalue weighted by atomic mass is 9.81. The number of ether oxygens (including phenoxy) is 2. The number of thiophene rings is 2. The summed E-state index contributed by atoms with van der Waals surface area (Å²) >= 11 is 2.49. The Bertz CT molecular complexity index is 2870. The molecule has 4 aliphatic carbocycles. The van der Waals surface area contributed by atoms with Crippen molar-refractivity contribution in [1.29, 1.82) is 0 Å². The first-order chi connectivity index (χ1) is 30.2. The molecule has 4 aromatic heterocycles. The first-order valence-electron chi connectivity index (χ1n) is 21.1. The van der Waals surface area contributed by atoms with E-state index in [2.05, 4.69) is 9.98 Å². The Morgan fingerprint density at radius 2 is 0.871 bits per heavy atom. The van der Waals surface area contributed by atoms with Gasteiger partial charge < -0.3 is 9.47 Å². The normalized spacial score (nSPS) is 21.4. The summed E-state index contributed by atoms with van der Waals surface area (Å²) in [7, 11) is 0. The lowest BCUT2D eigenvalue weighted by Gasteiger charge is -2.20. The van der Waals surface area contributed by atoms with E-state index in [4.69, 9.17) is 9.47 Å². The Balaban J connectivity index is 1.08. The van der Waals surface area contributed by atoms with Crippen LogP contribution in [0.5, 0.6) is 0 Å². The van der Waals surface area contributed by atoms with Crippen molar-refractivity contribution in [2.45, 2.75) is 64.6 Å². The topological polar surface area (TPSA) is 155 Å². The smallest absolute Gasteiger partial charge is 0.419 e. The van der Waals surface area contributed by atoms with Crippen molar-refractivity contribution in [2.75, 3.05) is 0 Å². The average Bonchev–Trinajstić information content (AvgIpc) is 4.12. The maximum atomic E-state index is 14.3. The molecule has 3 aromatic carbocycles. The molecule has 0 aliphatic heterocycles. The highest BCUT2D eigenvalue weighted by Crippen LogP contribution is 2.47. The third kappa shape index (κ3) is 6.29. The van der Waals surface area contributed by atoms with E-state index in [1.807, 2.05) is 72.8 Å². The molecule has 4 unspecified atom stereocenters. The molecule has 14 heteroatoms. The monoisotopic (exact) mass is 862 g/mol. The third-order valence-electron chi connectivity index (χ3n) is 13.0. The Kier molecular flexibility index (Phi) is 9.45. The van der Waals surface area contributed by atoms with Gasteiger partial charge in [0, 0.05) is 34.4 Å². The van der Waals surface area contributed by atoms with Crippen LogP contribution in [0.3, 0.4) is 0 Å². The quantitative estimate of drug-likeness (QED) is 0.160. The number of hydrogen-bond donors (Lipinski definition) is 0. The van der Waals surface area contributed by atoms with Crippen molar-refractivity contribution in [2.24, 2.45) is 33.7 Å². The van der Waals surface area contributed by atoms with E-state index in [1.54, 1.807) is 12.1 Å². The molecule has 7 aromatic rings. The molecule has 0 N–H and O–H groups in total. The fourth-order valence-corrected chi connectivity index (χ4v) is 12.1. The number of ketones is 4. The number of fused-ring (bicyclic) bond motifs is 8. The SMILES string of the molecule is O=C1C(=Nc2cc3c(s2)c2cc4c(cc2n3C(=O)OCc2ccccc2)c2sc(N=C3C(=O)C5CCCCC5C3=O)cc2n4C(=O)OCc2ccccc2)C(=O)C2CCCCC12. The summed E-state index contributed by atoms with van der Waals surface area (Å²) in [4.78, 5) is 91.7. The zero-order valence-corrected chi connectivity index (χ0v) is 35.0. The minimum absolute atomic E-state index is 0.00974. The second kappa shape index (κ2) is 15.2. The molecule has 0 spiro atoms. The maximum Gasteiger partial charge on any atom is 0.419 e. The van der Waals surface area contributed by atoms with Crippen molar-refractivity contribution in [3.63, 3.8) is 0 Å². The van der Waals surface area contributed by atoms with E-state index in [1.165, 1.54) is 31.8 Å². The highest BCUT2D eigenvalue weighted by atomic mass is 32.1. The van der Waals surface area contributed by atoms with Gasteiger partial charge in [-0.15, -0.1) is 22.7 Å². The van der Waals surface area contributed by atoms with Gasteiger partial charge in [0.1, 0.15) is 23.2 Å². The molecular weight excluding hydrogens is 825 g/mol. The van der Waals surface area contributed by atoms with E-state index >= 15 is 0 Å². The number of rotatable bonds is 6. The molecule has 4 saturated carbocycles. The van der Waals surface area contributed by atoms with Crippen molar-refractivity contribution in [3.8, 4) is 0 Å². The number of aliphatic imine (C=N–C) groups is 2. The number of nitrogens with zero attached hydrogens (tertiary/aromatic N) is 4. The molecule has 4 fully saturated rings. The Labute approximate surface area is 361 Å². The van der Waals surface area contributed by atoms with Crippen LogP contribution in [0.1, 0.15) is 62.5 Å². The minimum Gasteiger partial charge on any atom is -0.444 e. The number of carbonyl (C=O) groups excluding carboxylic acids is 6. The maximum absolute atomic E-state index is 14.3. The standard InChI is InChI=1S/C48H38N4O8S2/c53-41-27-15-7-8-16-28(27)42(54)39(41)49-37-21-35-45(61-37)31-20-34-32(19-33(31)51(35)47(57)59-23-25-11-3-1-4-12-25)46-36(52(34)48(58)60-24-26-13-5-2-6-14-26)22-38(62-46)50-40-43(55)29-17-9-10-18-30(29)44(40)56/h1-6,11-14,19-22,27-30H,7-10,15-18,23-24H2. The van der Waals surface area contributed by atoms with Crippen molar-refractivity contribution >= 4 is 122 Å². The second-order valence-corrected chi connectivity index (χ2v) is 18.7. The largest absolute Gasteiger partial charge is 0.444 e. The molecule has 0 amide bonds. The molecule has 310 valence electrons. The summed E-state index contributed by atoms with van der Waals surface area (Å²) in [6.07, 6.45) is 5.02. The van der Waals surface area contributed by atoms with E-state index in [0.717, 1.165) is 36.8 Å². The van der Waals surface area contributed by atoms with Crippen LogP contribution < -0.4 is 0 Å². The molecule has 0 saturated heterocycles. The van der Waals surface area contributed by atoms with Gasteiger partial charge in [-0.25, -0.2) is 28.7 Å². The van der Waals surface area contributed by atoms with Gasteiger partial charge in [0.05, 0.1) is 31.5 Å². The van der Waals surface area contributed by atoms with Crippen LogP contribution in [0, 0.1) is 23.7 Å². The molecule has 4 heterocycles. The third-order valence-corrected chi connectivity index (χ3v) is 15.1. The van der Waals surface area contributed by atoms with Gasteiger partial charge in [-0.3, -0.25) is 19.2 Å². The molecule has 11 rings (SSSR count). The number of aromatic nitrogens is 2. The summed E-state index contributed by atoms with van der Waals surface area (Å²) in [6.45, 7) is 0.0195. The van der Waals surface area contributed by atoms with Gasteiger partial charge in [0.15, 0.2) is 34.6 Å². The molecule has 0 radical (unpaired) electrons. The van der Waals surface area contributed by atoms with Crippen LogP contribution in [-0.4, -0.2) is 55.9 Å². The van der Waals surface area contributed by atoms with Crippen LogP contribution in [0.2, 0.25) is 0 Å². The summed E-state index contributed by atoms with van der Waals surface area (Å²) in [5.74, 6) is -2.20. The Hall–Kier alpha value is -6.38. The first kappa shape index (κ1) is 38.5. The lowest BCUT2D eigenvalue weighted by molar-refractivity contribution is -0.120. The fourth-order valence-electron chi connectivity index (χ4n) is 10.0. The van der Waals surface area contributed by atoms with Gasteiger partial charge in [0.25, 0.3) is 0 Å². The predicted molar refractivity (Wildman–Crippen MR) is 237 cm³/mol. The van der Waals surface area contributed by atoms with Crippen LogP contribution in [0.25, 0.3) is 42.2 Å². The summed E-state index contributed by atoms with van der Waals surface area (Å²) in [5, 5.41) is 2.03. The van der Waals surface area contributed by atoms with Crippen LogP contribution >= 0.6 is 22.7 Å². The highest BCUT2D eigenvalue weighted by molar-refractivity contribution is 7.24. The van der Waals surface area contributed by atoms with Crippen LogP contribution in [-0.2, 0) is 41.9 Å². The predicted octanol–water partition coefficient (Wildman–Crippen LogP) is 10.5. The zero-order chi connectivity index (χ0) is 42.2. The lowest BCUT2D eigenvalue weighted by Crippen LogP contribution is -2.21. The van der Waals surface area contributed by atoms with Crippen LogP contribution in [0.4, 0.5) is 19.6 Å². The van der Waals surface area contributed by atoms with E-state index in [9.17, 15) is 28.8 Å². The molecule has 4 atom stereocenters. The second-order valence-electron chi connectivity index (χ2n) is 16.6. The number of carbonyl (C=O) groups is 6. The van der Waals surface area contributed by atoms with Gasteiger partial charge >= 0.3 is 12.2 Å². The minimum atomic E-state index is -0.653. The number of hydrogen-bond acceptors (Lipinski definition) is 12. The molecule has 12 nitrogen and oxygen atoms in total. The van der Waals surface area contributed by atoms with Gasteiger partial charge in [-0.2, -0.15) is 0 Å². The van der Waals surface area contributed by atoms with E-state index in [-0.39, 0.29) is 71.4 Å². The van der Waals surface area contributed by atoms with Crippen molar-refractivity contribution < 1.29 is 38.2 Å². The van der Waals surface area contributed by atoms with Crippen molar-refractivity contribution in [1.82, 2.24) is 9.13 Å². The summed E-state index contributed by atoms with van der Waals surface area (Å²) < 4.78 is 16.1. The Morgan fingerprint density at radius 3 is 1.23 bits per heavy atom. The highest BCUT2D eigenvalue weighted by Gasteiger charge is 2.48. The van der Waals surface area contributed by atoms with Gasteiger partial charge in [0.2, 0.25) is 0 Å².